The van der Waals surface area contributed by atoms with Gasteiger partial charge in [-0.1, -0.05) is 13.8 Å². The second-order valence-corrected chi connectivity index (χ2v) is 5.02. The van der Waals surface area contributed by atoms with Gasteiger partial charge in [0.05, 0.1) is 6.10 Å². The fourth-order valence-electron chi connectivity index (χ4n) is 1.30. The van der Waals surface area contributed by atoms with Crippen molar-refractivity contribution in [3.05, 3.63) is 21.4 Å². The van der Waals surface area contributed by atoms with Crippen molar-refractivity contribution in [2.24, 2.45) is 5.92 Å². The van der Waals surface area contributed by atoms with Gasteiger partial charge in [0.2, 0.25) is 0 Å². The average Bonchev–Trinajstić information content (AvgIpc) is 2.28. The van der Waals surface area contributed by atoms with Gasteiger partial charge in [0.1, 0.15) is 0 Å². The van der Waals surface area contributed by atoms with Crippen LogP contribution in [0.15, 0.2) is 6.07 Å². The van der Waals surface area contributed by atoms with Crippen LogP contribution in [0.3, 0.4) is 0 Å². The first-order valence-electron chi connectivity index (χ1n) is 4.27. The van der Waals surface area contributed by atoms with Crippen LogP contribution in [0.25, 0.3) is 0 Å². The maximum atomic E-state index is 9.80. The molecule has 1 nitrogen and oxygen atoms in total. The van der Waals surface area contributed by atoms with E-state index in [-0.39, 0.29) is 6.10 Å². The van der Waals surface area contributed by atoms with Crippen LogP contribution in [0.2, 0.25) is 0 Å². The summed E-state index contributed by atoms with van der Waals surface area (Å²) in [6.07, 6.45) is -0.296. The smallest absolute Gasteiger partial charge is 0.0823 e. The Kier molecular flexibility index (Phi) is 2.91. The molecule has 2 heteroatoms. The van der Waals surface area contributed by atoms with E-state index >= 15 is 0 Å². The van der Waals surface area contributed by atoms with Crippen LogP contribution in [0.4, 0.5) is 0 Å². The summed E-state index contributed by atoms with van der Waals surface area (Å²) < 4.78 is 0. The lowest BCUT2D eigenvalue weighted by molar-refractivity contribution is 0.127. The first kappa shape index (κ1) is 9.75. The Morgan fingerprint density at radius 1 is 1.33 bits per heavy atom. The zero-order valence-corrected chi connectivity index (χ0v) is 8.90. The summed E-state index contributed by atoms with van der Waals surface area (Å²) in [6.45, 7) is 8.22. The number of aliphatic hydroxyl groups is 1. The van der Waals surface area contributed by atoms with Gasteiger partial charge in [0.25, 0.3) is 0 Å². The van der Waals surface area contributed by atoms with E-state index in [2.05, 4.69) is 19.9 Å². The Bertz CT molecular complexity index is 263. The molecule has 12 heavy (non-hydrogen) atoms. The van der Waals surface area contributed by atoms with E-state index < -0.39 is 0 Å². The highest BCUT2D eigenvalue weighted by atomic mass is 32.1. The van der Waals surface area contributed by atoms with Crippen LogP contribution < -0.4 is 0 Å². The van der Waals surface area contributed by atoms with Gasteiger partial charge in [0.15, 0.2) is 0 Å². The van der Waals surface area contributed by atoms with E-state index in [9.17, 15) is 5.11 Å². The van der Waals surface area contributed by atoms with Crippen LogP contribution in [-0.4, -0.2) is 5.11 Å². The maximum absolute atomic E-state index is 9.80. The SMILES string of the molecule is Cc1cc(C(O)C(C)C)c(C)s1. The molecule has 0 spiro atoms. The van der Waals surface area contributed by atoms with Gasteiger partial charge < -0.3 is 5.11 Å². The van der Waals surface area contributed by atoms with E-state index in [1.165, 1.54) is 9.75 Å². The normalized spacial score (nSPS) is 13.8. The standard InChI is InChI=1S/C10H16OS/c1-6(2)10(11)9-5-7(3)12-8(9)4/h5-6,10-11H,1-4H3. The Hall–Kier alpha value is -0.340. The van der Waals surface area contributed by atoms with Crippen molar-refractivity contribution in [2.45, 2.75) is 33.8 Å². The number of hydrogen-bond acceptors (Lipinski definition) is 2. The molecular weight excluding hydrogens is 168 g/mol. The van der Waals surface area contributed by atoms with Gasteiger partial charge in [-0.25, -0.2) is 0 Å². The molecule has 0 saturated carbocycles. The summed E-state index contributed by atoms with van der Waals surface area (Å²) >= 11 is 1.75. The van der Waals surface area contributed by atoms with E-state index in [0.29, 0.717) is 5.92 Å². The summed E-state index contributed by atoms with van der Waals surface area (Å²) in [7, 11) is 0. The highest BCUT2D eigenvalue weighted by Crippen LogP contribution is 2.30. The Morgan fingerprint density at radius 3 is 2.25 bits per heavy atom. The molecule has 1 unspecified atom stereocenters. The molecule has 1 aromatic rings. The molecule has 0 aliphatic carbocycles. The quantitative estimate of drug-likeness (QED) is 0.749. The lowest BCUT2D eigenvalue weighted by Crippen LogP contribution is -2.05. The molecule has 0 saturated heterocycles. The summed E-state index contributed by atoms with van der Waals surface area (Å²) in [4.78, 5) is 2.52. The first-order chi connectivity index (χ1) is 5.52. The zero-order chi connectivity index (χ0) is 9.30. The number of aryl methyl sites for hydroxylation is 2. The summed E-state index contributed by atoms with van der Waals surface area (Å²) in [5.74, 6) is 0.303. The lowest BCUT2D eigenvalue weighted by Gasteiger charge is -2.13. The Labute approximate surface area is 78.1 Å². The van der Waals surface area contributed by atoms with Crippen molar-refractivity contribution in [1.29, 1.82) is 0 Å². The molecule has 68 valence electrons. The summed E-state index contributed by atoms with van der Waals surface area (Å²) in [6, 6.07) is 2.09. The third-order valence-corrected chi connectivity index (χ3v) is 3.01. The van der Waals surface area contributed by atoms with Gasteiger partial charge in [-0.15, -0.1) is 11.3 Å². The van der Waals surface area contributed by atoms with Crippen LogP contribution in [0.5, 0.6) is 0 Å². The Balaban J connectivity index is 2.94. The van der Waals surface area contributed by atoms with Crippen molar-refractivity contribution in [1.82, 2.24) is 0 Å². The van der Waals surface area contributed by atoms with Gasteiger partial charge in [-0.05, 0) is 31.4 Å². The second kappa shape index (κ2) is 3.58. The highest BCUT2D eigenvalue weighted by Gasteiger charge is 2.15. The van der Waals surface area contributed by atoms with Crippen LogP contribution in [0, 0.1) is 19.8 Å². The van der Waals surface area contributed by atoms with Crippen LogP contribution >= 0.6 is 11.3 Å². The van der Waals surface area contributed by atoms with Crippen LogP contribution in [-0.2, 0) is 0 Å². The number of rotatable bonds is 2. The monoisotopic (exact) mass is 184 g/mol. The molecule has 0 aliphatic rings. The average molecular weight is 184 g/mol. The molecule has 1 rings (SSSR count). The minimum Gasteiger partial charge on any atom is -0.388 e. The van der Waals surface area contributed by atoms with Gasteiger partial charge >= 0.3 is 0 Å². The van der Waals surface area contributed by atoms with E-state index in [4.69, 9.17) is 0 Å². The number of hydrogen-bond donors (Lipinski definition) is 1. The third-order valence-electron chi connectivity index (χ3n) is 2.03. The first-order valence-corrected chi connectivity index (χ1v) is 5.09. The van der Waals surface area contributed by atoms with E-state index in [0.717, 1.165) is 5.56 Å². The van der Waals surface area contributed by atoms with Crippen LogP contribution in [0.1, 0.15) is 35.3 Å². The molecule has 1 heterocycles. The molecule has 0 bridgehead atoms. The third kappa shape index (κ3) is 1.87. The molecule has 0 aromatic carbocycles. The largest absolute Gasteiger partial charge is 0.388 e. The summed E-state index contributed by atoms with van der Waals surface area (Å²) in [5.41, 5.74) is 1.10. The number of thiophene rings is 1. The van der Waals surface area contributed by atoms with Crippen molar-refractivity contribution in [3.63, 3.8) is 0 Å². The van der Waals surface area contributed by atoms with Crippen molar-refractivity contribution in [3.8, 4) is 0 Å². The zero-order valence-electron chi connectivity index (χ0n) is 8.09. The van der Waals surface area contributed by atoms with Gasteiger partial charge in [-0.3, -0.25) is 0 Å². The van der Waals surface area contributed by atoms with Crippen molar-refractivity contribution >= 4 is 11.3 Å². The Morgan fingerprint density at radius 2 is 1.92 bits per heavy atom. The van der Waals surface area contributed by atoms with Gasteiger partial charge in [0, 0.05) is 9.75 Å². The molecule has 1 atom stereocenters. The van der Waals surface area contributed by atoms with Crippen molar-refractivity contribution < 1.29 is 5.11 Å². The predicted octanol–water partition coefficient (Wildman–Crippen LogP) is 3.05. The number of aliphatic hydroxyl groups excluding tert-OH is 1. The molecular formula is C10H16OS. The molecule has 0 fully saturated rings. The maximum Gasteiger partial charge on any atom is 0.0823 e. The highest BCUT2D eigenvalue weighted by molar-refractivity contribution is 7.12. The molecule has 0 radical (unpaired) electrons. The predicted molar refractivity (Wildman–Crippen MR) is 53.6 cm³/mol. The minimum atomic E-state index is -0.296. The molecule has 1 N–H and O–H groups in total. The minimum absolute atomic E-state index is 0.296. The van der Waals surface area contributed by atoms with Crippen molar-refractivity contribution in [2.75, 3.05) is 0 Å². The van der Waals surface area contributed by atoms with Gasteiger partial charge in [-0.2, -0.15) is 0 Å². The second-order valence-electron chi connectivity index (χ2n) is 3.56. The lowest BCUT2D eigenvalue weighted by atomic mass is 10.00. The van der Waals surface area contributed by atoms with E-state index in [1.54, 1.807) is 11.3 Å². The fourth-order valence-corrected chi connectivity index (χ4v) is 2.27. The fraction of sp³-hybridized carbons (Fsp3) is 0.600. The molecule has 0 aliphatic heterocycles. The van der Waals surface area contributed by atoms with E-state index in [1.807, 2.05) is 13.8 Å². The molecule has 1 aromatic heterocycles. The molecule has 0 amide bonds. The summed E-state index contributed by atoms with van der Waals surface area (Å²) in [5, 5.41) is 9.80. The topological polar surface area (TPSA) is 20.2 Å².